The van der Waals surface area contributed by atoms with Gasteiger partial charge < -0.3 is 29.5 Å². The molecule has 0 heterocycles. The molecule has 4 aromatic rings. The Balaban J connectivity index is -0.000000227. The summed E-state index contributed by atoms with van der Waals surface area (Å²) in [5, 5.41) is 44.1. The summed E-state index contributed by atoms with van der Waals surface area (Å²) < 4.78 is 14.5. The summed E-state index contributed by atoms with van der Waals surface area (Å²) >= 11 is 3.15. The van der Waals surface area contributed by atoms with Gasteiger partial charge in [0.25, 0.3) is 0 Å². The SMILES string of the molecule is C.C.CC.CC.CCBr.CCOCCOCCO.OCCOCCO.[C-]#[N+]/C(=C(/C#N)c1ccccc1)c1ccccc1.[C-]#[N+]/C(=C(/C#N)c1ccccc1)c1ccccc1. The van der Waals surface area contributed by atoms with E-state index in [-0.39, 0.29) is 34.7 Å². The van der Waals surface area contributed by atoms with Crippen LogP contribution in [0.1, 0.15) is 78.6 Å². The standard InChI is InChI=1S/2C16H10N2.C6H14O3.C4H10O3.C2H5Br.2C2H6.2CH4/c2*1-18-16(14-10-6-3-7-11-14)15(12-17)13-8-4-2-5-9-13;1-2-8-5-6-9-4-3-7;5-1-3-7-4-2-6;1-2-3;2*1-2;;/h2*2-11H;7H,2-6H2,1H3;5-6H,1-4H2;2H2,1H3;2*1-2H3;2*1H4/b2*16-15-;;;;;;;. The number of nitriles is 2. The number of alkyl halides is 1. The third-order valence-corrected chi connectivity index (χ3v) is 6.42. The summed E-state index contributed by atoms with van der Waals surface area (Å²) in [5.41, 5.74) is 4.70. The molecule has 0 aromatic heterocycles. The fourth-order valence-corrected chi connectivity index (χ4v) is 4.10. The Hall–Kier alpha value is -5.44. The van der Waals surface area contributed by atoms with Gasteiger partial charge in [-0.1, -0.05) is 187 Å². The second-order valence-electron chi connectivity index (χ2n) is 10.2. The molecule has 0 unspecified atom stereocenters. The summed E-state index contributed by atoms with van der Waals surface area (Å²) in [6.45, 7) is 29.7. The molecule has 0 radical (unpaired) electrons. The van der Waals surface area contributed by atoms with Crippen molar-refractivity contribution in [3.05, 3.63) is 166 Å². The number of hydrogen-bond acceptors (Lipinski definition) is 8. The van der Waals surface area contributed by atoms with Gasteiger partial charge in [-0.05, 0) is 29.2 Å². The molecule has 0 aliphatic carbocycles. The van der Waals surface area contributed by atoms with Crippen LogP contribution in [0.4, 0.5) is 0 Å². The molecule has 10 nitrogen and oxygen atoms in total. The molecule has 0 amide bonds. The van der Waals surface area contributed by atoms with Crippen LogP contribution < -0.4 is 0 Å². The molecule has 0 spiro atoms. The summed E-state index contributed by atoms with van der Waals surface area (Å²) in [4.78, 5) is 7.03. The molecule has 0 saturated heterocycles. The van der Waals surface area contributed by atoms with Gasteiger partial charge in [-0.3, -0.25) is 0 Å². The van der Waals surface area contributed by atoms with Crippen molar-refractivity contribution < 1.29 is 29.5 Å². The minimum absolute atomic E-state index is 0. The van der Waals surface area contributed by atoms with E-state index in [2.05, 4.69) is 42.5 Å². The van der Waals surface area contributed by atoms with E-state index in [0.29, 0.717) is 55.6 Å². The monoisotopic (exact) mass is 900 g/mol. The van der Waals surface area contributed by atoms with Crippen LogP contribution >= 0.6 is 15.9 Å². The highest BCUT2D eigenvalue weighted by Gasteiger charge is 2.12. The molecule has 0 aliphatic rings. The van der Waals surface area contributed by atoms with Gasteiger partial charge in [-0.15, -0.1) is 0 Å². The van der Waals surface area contributed by atoms with E-state index in [1.165, 1.54) is 0 Å². The number of halogens is 1. The average molecular weight is 902 g/mol. The highest BCUT2D eigenvalue weighted by atomic mass is 79.9. The largest absolute Gasteiger partial charge is 0.394 e. The third-order valence-electron chi connectivity index (χ3n) is 6.42. The second kappa shape index (κ2) is 50.7. The molecule has 0 saturated carbocycles. The number of benzene rings is 4. The Morgan fingerprint density at radius 1 is 0.508 bits per heavy atom. The number of hydrogen-bond donors (Lipinski definition) is 3. The molecule has 0 bridgehead atoms. The van der Waals surface area contributed by atoms with Crippen LogP contribution in [0.5, 0.6) is 0 Å². The first-order valence-electron chi connectivity index (χ1n) is 19.3. The summed E-state index contributed by atoms with van der Waals surface area (Å²) in [6.07, 6.45) is 0. The fourth-order valence-electron chi connectivity index (χ4n) is 4.10. The lowest BCUT2D eigenvalue weighted by molar-refractivity contribution is 0.0370. The molecule has 11 heteroatoms. The maximum absolute atomic E-state index is 9.29. The molecule has 4 aromatic carbocycles. The topological polar surface area (TPSA) is 145 Å². The lowest BCUT2D eigenvalue weighted by Gasteiger charge is -2.03. The van der Waals surface area contributed by atoms with E-state index < -0.39 is 0 Å². The van der Waals surface area contributed by atoms with E-state index in [1.807, 2.05) is 163 Å². The van der Waals surface area contributed by atoms with Gasteiger partial charge in [0, 0.05) is 11.9 Å². The molecule has 332 valence electrons. The van der Waals surface area contributed by atoms with Crippen molar-refractivity contribution in [2.24, 2.45) is 0 Å². The third kappa shape index (κ3) is 32.1. The number of ether oxygens (including phenoxy) is 3. The highest BCUT2D eigenvalue weighted by Crippen LogP contribution is 2.28. The zero-order chi connectivity index (χ0) is 44.8. The van der Waals surface area contributed by atoms with Gasteiger partial charge in [0.1, 0.15) is 0 Å². The zero-order valence-electron chi connectivity index (χ0n) is 35.4. The minimum Gasteiger partial charge on any atom is -0.394 e. The van der Waals surface area contributed by atoms with Gasteiger partial charge >= 0.3 is 0 Å². The lowest BCUT2D eigenvalue weighted by Crippen LogP contribution is -2.06. The smallest absolute Gasteiger partial charge is 0.212 e. The summed E-state index contributed by atoms with van der Waals surface area (Å²) in [6, 6.07) is 41.4. The van der Waals surface area contributed by atoms with Gasteiger partial charge in [0.15, 0.2) is 0 Å². The van der Waals surface area contributed by atoms with Crippen molar-refractivity contribution in [1.29, 1.82) is 10.5 Å². The van der Waals surface area contributed by atoms with Gasteiger partial charge in [0.05, 0.1) is 89.3 Å². The zero-order valence-corrected chi connectivity index (χ0v) is 36.9. The first-order chi connectivity index (χ1) is 29.0. The van der Waals surface area contributed by atoms with Gasteiger partial charge in [-0.2, -0.15) is 10.5 Å². The van der Waals surface area contributed by atoms with Crippen molar-refractivity contribution in [2.45, 2.75) is 56.4 Å². The van der Waals surface area contributed by atoms with Crippen LogP contribution in [0, 0.1) is 35.8 Å². The number of aliphatic hydroxyl groups excluding tert-OH is 3. The predicted octanol–water partition coefficient (Wildman–Crippen LogP) is 11.7. The normalized spacial score (nSPS) is 9.54. The van der Waals surface area contributed by atoms with E-state index in [0.717, 1.165) is 34.2 Å². The number of nitrogens with zero attached hydrogens (tertiary/aromatic N) is 4. The van der Waals surface area contributed by atoms with Gasteiger partial charge in [-0.25, -0.2) is 9.69 Å². The summed E-state index contributed by atoms with van der Waals surface area (Å²) in [5.74, 6) is 0. The van der Waals surface area contributed by atoms with Crippen LogP contribution in [-0.2, 0) is 14.2 Å². The Kier molecular flexibility index (Phi) is 53.8. The molecule has 0 aliphatic heterocycles. The van der Waals surface area contributed by atoms with Crippen LogP contribution in [-0.4, -0.2) is 80.1 Å². The van der Waals surface area contributed by atoms with Crippen LogP contribution in [0.15, 0.2) is 121 Å². The van der Waals surface area contributed by atoms with E-state index in [4.69, 9.17) is 37.9 Å². The maximum Gasteiger partial charge on any atom is 0.212 e. The van der Waals surface area contributed by atoms with E-state index in [1.54, 1.807) is 0 Å². The average Bonchev–Trinajstić information content (AvgIpc) is 3.31. The van der Waals surface area contributed by atoms with Crippen molar-refractivity contribution in [3.63, 3.8) is 0 Å². The maximum atomic E-state index is 9.29. The fraction of sp³-hybridized carbons (Fsp3) is 0.360. The molecule has 0 atom stereocenters. The van der Waals surface area contributed by atoms with Crippen molar-refractivity contribution in [1.82, 2.24) is 0 Å². The first kappa shape index (κ1) is 64.7. The summed E-state index contributed by atoms with van der Waals surface area (Å²) in [7, 11) is 0. The lowest BCUT2D eigenvalue weighted by atomic mass is 10.0. The quantitative estimate of drug-likeness (QED) is 0.0373. The number of allylic oxidation sites excluding steroid dienone is 2. The van der Waals surface area contributed by atoms with Crippen LogP contribution in [0.2, 0.25) is 0 Å². The highest BCUT2D eigenvalue weighted by molar-refractivity contribution is 9.09. The van der Waals surface area contributed by atoms with Gasteiger partial charge in [0.2, 0.25) is 11.4 Å². The Morgan fingerprint density at radius 2 is 0.754 bits per heavy atom. The Bertz CT molecular complexity index is 1530. The molecule has 4 rings (SSSR count). The number of aliphatic hydroxyl groups is 3. The number of rotatable bonds is 14. The Labute approximate surface area is 376 Å². The van der Waals surface area contributed by atoms with Crippen molar-refractivity contribution >= 4 is 38.5 Å². The molecule has 3 N–H and O–H groups in total. The molecular weight excluding hydrogens is 832 g/mol. The minimum atomic E-state index is 0. The first-order valence-corrected chi connectivity index (χ1v) is 20.5. The molecule has 61 heavy (non-hydrogen) atoms. The Morgan fingerprint density at radius 3 is 0.984 bits per heavy atom. The van der Waals surface area contributed by atoms with Crippen molar-refractivity contribution in [3.8, 4) is 12.1 Å². The molecule has 0 fully saturated rings. The van der Waals surface area contributed by atoms with E-state index in [9.17, 15) is 10.5 Å². The predicted molar refractivity (Wildman–Crippen MR) is 259 cm³/mol. The molecular formula is C50H69BrN4O6. The van der Waals surface area contributed by atoms with Crippen LogP contribution in [0.25, 0.3) is 32.2 Å². The van der Waals surface area contributed by atoms with Crippen molar-refractivity contribution in [2.75, 3.05) is 64.8 Å². The van der Waals surface area contributed by atoms with E-state index >= 15 is 0 Å². The second-order valence-corrected chi connectivity index (χ2v) is 11.3. The van der Waals surface area contributed by atoms with Crippen LogP contribution in [0.3, 0.4) is 0 Å².